The van der Waals surface area contributed by atoms with Gasteiger partial charge in [0, 0.05) is 37.3 Å². The number of nitrogens with zero attached hydrogens (tertiary/aromatic N) is 2. The van der Waals surface area contributed by atoms with Gasteiger partial charge in [-0.05, 0) is 30.5 Å². The Balaban J connectivity index is 1.45. The summed E-state index contributed by atoms with van der Waals surface area (Å²) in [5.41, 5.74) is 2.25. The van der Waals surface area contributed by atoms with Gasteiger partial charge in [-0.2, -0.15) is 5.10 Å². The van der Waals surface area contributed by atoms with Crippen molar-refractivity contribution < 1.29 is 9.53 Å². The van der Waals surface area contributed by atoms with Crippen molar-refractivity contribution in [2.24, 2.45) is 0 Å². The Morgan fingerprint density at radius 1 is 1.32 bits per heavy atom. The number of H-pyrrole nitrogens is 1. The van der Waals surface area contributed by atoms with Crippen molar-refractivity contribution in [2.45, 2.75) is 31.3 Å². The standard InChI is InChI=1S/C17H19N3O2/c21-17(16-10-12-4-1-2-6-15(12)22-16)20-9-3-5-13(11-20)14-7-8-18-19-14/h1-2,4,6-8,13,16H,3,5,9-11H2,(H,18,19)/t13-,16-/m0/s1. The summed E-state index contributed by atoms with van der Waals surface area (Å²) in [4.78, 5) is 14.7. The van der Waals surface area contributed by atoms with E-state index in [4.69, 9.17) is 4.74 Å². The third kappa shape index (κ3) is 2.36. The summed E-state index contributed by atoms with van der Waals surface area (Å²) in [5.74, 6) is 1.31. The topological polar surface area (TPSA) is 58.2 Å². The van der Waals surface area contributed by atoms with E-state index >= 15 is 0 Å². The number of hydrogen-bond donors (Lipinski definition) is 1. The molecule has 1 amide bonds. The molecule has 0 aliphatic carbocycles. The summed E-state index contributed by atoms with van der Waals surface area (Å²) in [6.07, 6.45) is 4.21. The Kier molecular flexibility index (Phi) is 3.33. The normalized spacial score (nSPS) is 23.9. The number of likely N-dealkylation sites (tertiary alicyclic amines) is 1. The molecule has 2 atom stereocenters. The highest BCUT2D eigenvalue weighted by molar-refractivity contribution is 5.82. The minimum absolute atomic E-state index is 0.111. The van der Waals surface area contributed by atoms with Crippen LogP contribution in [0.3, 0.4) is 0 Å². The van der Waals surface area contributed by atoms with E-state index < -0.39 is 0 Å². The van der Waals surface area contributed by atoms with Gasteiger partial charge in [-0.1, -0.05) is 18.2 Å². The highest BCUT2D eigenvalue weighted by Gasteiger charge is 2.34. The minimum atomic E-state index is -0.363. The third-order valence-electron chi connectivity index (χ3n) is 4.62. The maximum absolute atomic E-state index is 12.8. The zero-order chi connectivity index (χ0) is 14.9. The Morgan fingerprint density at radius 3 is 3.05 bits per heavy atom. The Morgan fingerprint density at radius 2 is 2.23 bits per heavy atom. The number of ether oxygens (including phenoxy) is 1. The van der Waals surface area contributed by atoms with Gasteiger partial charge in [-0.3, -0.25) is 9.89 Å². The highest BCUT2D eigenvalue weighted by atomic mass is 16.5. The smallest absolute Gasteiger partial charge is 0.264 e. The van der Waals surface area contributed by atoms with E-state index in [9.17, 15) is 4.79 Å². The van der Waals surface area contributed by atoms with Gasteiger partial charge in [0.2, 0.25) is 0 Å². The van der Waals surface area contributed by atoms with Crippen LogP contribution in [0.1, 0.15) is 30.0 Å². The number of benzene rings is 1. The van der Waals surface area contributed by atoms with Crippen LogP contribution >= 0.6 is 0 Å². The van der Waals surface area contributed by atoms with E-state index in [0.29, 0.717) is 12.3 Å². The molecule has 114 valence electrons. The lowest BCUT2D eigenvalue weighted by molar-refractivity contribution is -0.139. The first-order valence-corrected chi connectivity index (χ1v) is 7.84. The Labute approximate surface area is 129 Å². The number of carbonyl (C=O) groups excluding carboxylic acids is 1. The van der Waals surface area contributed by atoms with Gasteiger partial charge >= 0.3 is 0 Å². The molecule has 1 aromatic carbocycles. The van der Waals surface area contributed by atoms with Gasteiger partial charge in [-0.25, -0.2) is 0 Å². The lowest BCUT2D eigenvalue weighted by atomic mass is 9.94. The number of aromatic nitrogens is 2. The first-order valence-electron chi connectivity index (χ1n) is 7.84. The first kappa shape index (κ1) is 13.4. The van der Waals surface area contributed by atoms with Crippen LogP contribution in [0, 0.1) is 0 Å². The SMILES string of the molecule is O=C([C@@H]1Cc2ccccc2O1)N1CCC[C@H](c2ccn[nH]2)C1. The number of hydrogen-bond acceptors (Lipinski definition) is 3. The van der Waals surface area contributed by atoms with Crippen LogP contribution in [0.4, 0.5) is 0 Å². The molecule has 5 heteroatoms. The zero-order valence-electron chi connectivity index (χ0n) is 12.4. The van der Waals surface area contributed by atoms with Crippen molar-refractivity contribution >= 4 is 5.91 Å². The van der Waals surface area contributed by atoms with Crippen LogP contribution in [-0.4, -0.2) is 40.2 Å². The van der Waals surface area contributed by atoms with Crippen molar-refractivity contribution in [2.75, 3.05) is 13.1 Å². The second-order valence-electron chi connectivity index (χ2n) is 6.05. The van der Waals surface area contributed by atoms with Gasteiger partial charge in [0.15, 0.2) is 6.10 Å². The molecule has 0 saturated carbocycles. The average Bonchev–Trinajstić information content (AvgIpc) is 3.23. The van der Waals surface area contributed by atoms with E-state index in [2.05, 4.69) is 10.2 Å². The highest BCUT2D eigenvalue weighted by Crippen LogP contribution is 2.31. The maximum Gasteiger partial charge on any atom is 0.264 e. The van der Waals surface area contributed by atoms with E-state index in [1.807, 2.05) is 35.2 Å². The van der Waals surface area contributed by atoms with Crippen LogP contribution < -0.4 is 4.74 Å². The molecule has 5 nitrogen and oxygen atoms in total. The predicted molar refractivity (Wildman–Crippen MR) is 81.7 cm³/mol. The second kappa shape index (κ2) is 5.48. The minimum Gasteiger partial charge on any atom is -0.480 e. The van der Waals surface area contributed by atoms with Crippen molar-refractivity contribution in [3.8, 4) is 5.75 Å². The van der Waals surface area contributed by atoms with E-state index in [1.165, 1.54) is 0 Å². The molecule has 0 unspecified atom stereocenters. The summed E-state index contributed by atoms with van der Waals surface area (Å²) in [6.45, 7) is 1.57. The van der Waals surface area contributed by atoms with Crippen LogP contribution in [0.2, 0.25) is 0 Å². The fourth-order valence-electron chi connectivity index (χ4n) is 3.45. The second-order valence-corrected chi connectivity index (χ2v) is 6.05. The molecule has 1 N–H and O–H groups in total. The van der Waals surface area contributed by atoms with Gasteiger partial charge < -0.3 is 9.64 Å². The quantitative estimate of drug-likeness (QED) is 0.923. The molecule has 1 aromatic heterocycles. The number of fused-ring (bicyclic) bond motifs is 1. The number of para-hydroxylation sites is 1. The maximum atomic E-state index is 12.8. The number of piperidine rings is 1. The van der Waals surface area contributed by atoms with Crippen LogP contribution in [0.25, 0.3) is 0 Å². The summed E-state index contributed by atoms with van der Waals surface area (Å²) >= 11 is 0. The van der Waals surface area contributed by atoms with E-state index in [0.717, 1.165) is 42.9 Å². The first-order chi connectivity index (χ1) is 10.8. The number of amides is 1. The molecule has 0 radical (unpaired) electrons. The van der Waals surface area contributed by atoms with E-state index in [1.54, 1.807) is 6.20 Å². The lowest BCUT2D eigenvalue weighted by Crippen LogP contribution is -2.46. The molecular formula is C17H19N3O2. The molecule has 2 aliphatic rings. The summed E-state index contributed by atoms with van der Waals surface area (Å²) in [7, 11) is 0. The molecule has 2 aliphatic heterocycles. The average molecular weight is 297 g/mol. The molecule has 22 heavy (non-hydrogen) atoms. The fraction of sp³-hybridized carbons (Fsp3) is 0.412. The van der Waals surface area contributed by atoms with E-state index in [-0.39, 0.29) is 12.0 Å². The Bertz CT molecular complexity index is 643. The van der Waals surface area contributed by atoms with Crippen molar-refractivity contribution in [1.29, 1.82) is 0 Å². The summed E-state index contributed by atoms with van der Waals surface area (Å²) in [6, 6.07) is 9.91. The monoisotopic (exact) mass is 297 g/mol. The lowest BCUT2D eigenvalue weighted by Gasteiger charge is -2.33. The number of nitrogens with one attached hydrogen (secondary N) is 1. The van der Waals surface area contributed by atoms with Gasteiger partial charge in [-0.15, -0.1) is 0 Å². The third-order valence-corrected chi connectivity index (χ3v) is 4.62. The van der Waals surface area contributed by atoms with Crippen LogP contribution in [0.5, 0.6) is 5.75 Å². The number of aromatic amines is 1. The largest absolute Gasteiger partial charge is 0.480 e. The van der Waals surface area contributed by atoms with Crippen LogP contribution in [-0.2, 0) is 11.2 Å². The number of carbonyl (C=O) groups is 1. The van der Waals surface area contributed by atoms with Crippen molar-refractivity contribution in [3.05, 3.63) is 47.8 Å². The van der Waals surface area contributed by atoms with Gasteiger partial charge in [0.1, 0.15) is 5.75 Å². The number of rotatable bonds is 2. The molecule has 1 saturated heterocycles. The summed E-state index contributed by atoms with van der Waals surface area (Å²) < 4.78 is 5.84. The van der Waals surface area contributed by atoms with Gasteiger partial charge in [0.05, 0.1) is 0 Å². The van der Waals surface area contributed by atoms with Crippen molar-refractivity contribution in [1.82, 2.24) is 15.1 Å². The predicted octanol–water partition coefficient (Wildman–Crippen LogP) is 2.12. The molecule has 0 bridgehead atoms. The fourth-order valence-corrected chi connectivity index (χ4v) is 3.45. The van der Waals surface area contributed by atoms with Gasteiger partial charge in [0.25, 0.3) is 5.91 Å². The zero-order valence-corrected chi connectivity index (χ0v) is 12.4. The molecular weight excluding hydrogens is 278 g/mol. The molecule has 2 aromatic rings. The summed E-state index contributed by atoms with van der Waals surface area (Å²) in [5, 5.41) is 7.05. The molecule has 4 rings (SSSR count). The van der Waals surface area contributed by atoms with Crippen molar-refractivity contribution in [3.63, 3.8) is 0 Å². The molecule has 1 fully saturated rings. The Hall–Kier alpha value is -2.30. The van der Waals surface area contributed by atoms with Crippen LogP contribution in [0.15, 0.2) is 36.5 Å². The molecule has 3 heterocycles. The molecule has 0 spiro atoms.